The topological polar surface area (TPSA) is 141 Å². The maximum atomic E-state index is 12.7. The molecule has 3 aromatic rings. The van der Waals surface area contributed by atoms with Gasteiger partial charge in [-0.05, 0) is 105 Å². The molecule has 2 N–H and O–H groups in total. The van der Waals surface area contributed by atoms with E-state index in [-0.39, 0.29) is 24.3 Å². The minimum Gasteiger partial charge on any atom is -0.444 e. The van der Waals surface area contributed by atoms with Crippen molar-refractivity contribution >= 4 is 29.4 Å². The maximum absolute atomic E-state index is 12.7. The van der Waals surface area contributed by atoms with Gasteiger partial charge in [-0.1, -0.05) is 0 Å². The van der Waals surface area contributed by atoms with Crippen LogP contribution in [0.1, 0.15) is 64.1 Å². The van der Waals surface area contributed by atoms with Crippen LogP contribution in [0.2, 0.25) is 0 Å². The van der Waals surface area contributed by atoms with Gasteiger partial charge in [-0.15, -0.1) is 0 Å². The van der Waals surface area contributed by atoms with Crippen LogP contribution >= 0.6 is 0 Å². The minimum atomic E-state index is -0.517. The summed E-state index contributed by atoms with van der Waals surface area (Å²) < 4.78 is 24.0. The van der Waals surface area contributed by atoms with Crippen LogP contribution in [0.25, 0.3) is 5.82 Å². The van der Waals surface area contributed by atoms with E-state index in [9.17, 15) is 9.59 Å². The van der Waals surface area contributed by atoms with Crippen LogP contribution in [0, 0.1) is 27.7 Å². The Labute approximate surface area is 321 Å². The van der Waals surface area contributed by atoms with Gasteiger partial charge in [0.05, 0.1) is 49.1 Å². The third kappa shape index (κ3) is 11.0. The Kier molecular flexibility index (Phi) is 13.8. The molecule has 0 aliphatic carbocycles. The van der Waals surface area contributed by atoms with Crippen LogP contribution in [0.4, 0.5) is 26.8 Å². The number of anilines is 3. The molecular weight excluding hydrogens is 688 g/mol. The number of carbonyl (C=O) groups is 2. The molecule has 2 atom stereocenters. The number of methoxy groups -OCH3 is 2. The van der Waals surface area contributed by atoms with E-state index in [2.05, 4.69) is 58.3 Å². The van der Waals surface area contributed by atoms with Gasteiger partial charge in [0, 0.05) is 64.9 Å². The van der Waals surface area contributed by atoms with Gasteiger partial charge in [-0.3, -0.25) is 9.80 Å². The van der Waals surface area contributed by atoms with Crippen molar-refractivity contribution < 1.29 is 28.5 Å². The molecule has 2 fully saturated rings. The molecular formula is C40H62N8O6. The number of hydrogen-bond acceptors (Lipinski definition) is 11. The number of aryl methyl sites for hydroxylation is 4. The zero-order valence-corrected chi connectivity index (χ0v) is 34.4. The average molecular weight is 751 g/mol. The summed E-state index contributed by atoms with van der Waals surface area (Å²) in [5.74, 6) is 1.44. The quantitative estimate of drug-likeness (QED) is 0.308. The SMILES string of the molecule is COC[C@H]1CN(c2cnc(-n3c(C)ccc3C)cc2C)CCN1C(=O)OC(C)(C)C.COC[C@H]1CN(c2cnc(N)cc2C)CCN1C(=O)OC(C)(C)C. The smallest absolute Gasteiger partial charge is 0.410 e. The maximum Gasteiger partial charge on any atom is 0.410 e. The van der Waals surface area contributed by atoms with Crippen LogP contribution in [0.15, 0.2) is 36.7 Å². The average Bonchev–Trinajstić information content (AvgIpc) is 3.40. The van der Waals surface area contributed by atoms with E-state index in [1.165, 1.54) is 11.4 Å². The Hall–Kier alpha value is -4.56. The second-order valence-electron chi connectivity index (χ2n) is 16.1. The van der Waals surface area contributed by atoms with Crippen molar-refractivity contribution in [2.75, 3.05) is 82.2 Å². The lowest BCUT2D eigenvalue weighted by molar-refractivity contribution is 0.00259. The fourth-order valence-corrected chi connectivity index (χ4v) is 6.86. The first kappa shape index (κ1) is 42.2. The fraction of sp³-hybridized carbons (Fsp3) is 0.600. The van der Waals surface area contributed by atoms with E-state index in [1.807, 2.05) is 60.7 Å². The van der Waals surface area contributed by atoms with Crippen molar-refractivity contribution in [3.8, 4) is 5.82 Å². The highest BCUT2D eigenvalue weighted by Crippen LogP contribution is 2.27. The van der Waals surface area contributed by atoms with E-state index in [4.69, 9.17) is 29.7 Å². The molecule has 298 valence electrons. The lowest BCUT2D eigenvalue weighted by Crippen LogP contribution is -2.58. The van der Waals surface area contributed by atoms with Crippen molar-refractivity contribution in [2.24, 2.45) is 0 Å². The van der Waals surface area contributed by atoms with Crippen molar-refractivity contribution in [2.45, 2.75) is 92.5 Å². The number of aromatic nitrogens is 3. The van der Waals surface area contributed by atoms with Gasteiger partial charge in [0.25, 0.3) is 0 Å². The van der Waals surface area contributed by atoms with Crippen molar-refractivity contribution in [1.82, 2.24) is 24.3 Å². The van der Waals surface area contributed by atoms with Crippen LogP contribution < -0.4 is 15.5 Å². The molecule has 5 heterocycles. The summed E-state index contributed by atoms with van der Waals surface area (Å²) in [5.41, 5.74) is 11.4. The number of nitrogens with zero attached hydrogens (tertiary/aromatic N) is 7. The highest BCUT2D eigenvalue weighted by atomic mass is 16.6. The predicted octanol–water partition coefficient (Wildman–Crippen LogP) is 5.91. The summed E-state index contributed by atoms with van der Waals surface area (Å²) in [4.78, 5) is 42.1. The van der Waals surface area contributed by atoms with E-state index in [1.54, 1.807) is 30.2 Å². The first-order chi connectivity index (χ1) is 25.3. The highest BCUT2D eigenvalue weighted by Gasteiger charge is 2.35. The number of nitrogen functional groups attached to an aromatic ring is 1. The summed E-state index contributed by atoms with van der Waals surface area (Å²) in [5, 5.41) is 0. The largest absolute Gasteiger partial charge is 0.444 e. The molecule has 2 aliphatic rings. The summed E-state index contributed by atoms with van der Waals surface area (Å²) in [6.45, 7) is 24.4. The Morgan fingerprint density at radius 3 is 1.52 bits per heavy atom. The van der Waals surface area contributed by atoms with E-state index in [0.717, 1.165) is 34.9 Å². The predicted molar refractivity (Wildman–Crippen MR) is 213 cm³/mol. The van der Waals surface area contributed by atoms with Crippen LogP contribution in [-0.4, -0.2) is 127 Å². The van der Waals surface area contributed by atoms with Gasteiger partial charge >= 0.3 is 12.2 Å². The van der Waals surface area contributed by atoms with E-state index in [0.29, 0.717) is 51.8 Å². The molecule has 2 amide bonds. The third-order valence-electron chi connectivity index (χ3n) is 9.29. The molecule has 5 rings (SSSR count). The zero-order chi connectivity index (χ0) is 40.0. The molecule has 54 heavy (non-hydrogen) atoms. The molecule has 0 spiro atoms. The number of pyridine rings is 2. The van der Waals surface area contributed by atoms with Crippen LogP contribution in [0.3, 0.4) is 0 Å². The standard InChI is InChI=1S/C23H34N4O3.C17H28N4O3/c1-16-12-21(27-17(2)8-9-18(27)3)24-13-20(16)25-10-11-26(19(14-25)15-29-7)22(28)30-23(4,5)6;1-12-8-15(18)19-9-14(12)20-6-7-21(13(10-20)11-23-5)16(22)24-17(2,3)4/h8-9,12-13,19H,10-11,14-15H2,1-7H3;8-9,13H,6-7,10-11H2,1-5H3,(H2,18,19)/t19-;13-/m11/s1. The molecule has 14 heteroatoms. The Morgan fingerprint density at radius 2 is 1.13 bits per heavy atom. The highest BCUT2D eigenvalue weighted by molar-refractivity contribution is 5.70. The number of carbonyl (C=O) groups excluding carboxylic acids is 2. The van der Waals surface area contributed by atoms with Gasteiger partial charge in [0.2, 0.25) is 0 Å². The molecule has 14 nitrogen and oxygen atoms in total. The Balaban J connectivity index is 0.000000247. The van der Waals surface area contributed by atoms with Gasteiger partial charge in [0.1, 0.15) is 22.8 Å². The molecule has 3 aromatic heterocycles. The number of piperazine rings is 2. The number of rotatable bonds is 7. The number of hydrogen-bond donors (Lipinski definition) is 1. The molecule has 0 saturated carbocycles. The zero-order valence-electron chi connectivity index (χ0n) is 34.4. The van der Waals surface area contributed by atoms with Gasteiger partial charge in [-0.25, -0.2) is 19.6 Å². The van der Waals surface area contributed by atoms with Crippen molar-refractivity contribution in [1.29, 1.82) is 0 Å². The normalized spacial score (nSPS) is 17.9. The minimum absolute atomic E-state index is 0.0736. The second-order valence-corrected chi connectivity index (χ2v) is 16.1. The molecule has 0 bridgehead atoms. The number of ether oxygens (including phenoxy) is 4. The number of nitrogens with two attached hydrogens (primary N) is 1. The van der Waals surface area contributed by atoms with Crippen LogP contribution in [-0.2, 0) is 18.9 Å². The van der Waals surface area contributed by atoms with Crippen molar-refractivity contribution in [3.05, 3.63) is 59.2 Å². The molecule has 0 unspecified atom stereocenters. The molecule has 2 saturated heterocycles. The third-order valence-corrected chi connectivity index (χ3v) is 9.29. The second kappa shape index (κ2) is 17.7. The summed E-state index contributed by atoms with van der Waals surface area (Å²) in [6.07, 6.45) is 3.15. The van der Waals surface area contributed by atoms with Gasteiger partial charge in [0.15, 0.2) is 0 Å². The Morgan fingerprint density at radius 1 is 0.704 bits per heavy atom. The first-order valence-electron chi connectivity index (χ1n) is 18.6. The van der Waals surface area contributed by atoms with Crippen LogP contribution in [0.5, 0.6) is 0 Å². The lowest BCUT2D eigenvalue weighted by atomic mass is 10.1. The molecule has 0 aromatic carbocycles. The van der Waals surface area contributed by atoms with Crippen molar-refractivity contribution in [3.63, 3.8) is 0 Å². The molecule has 0 radical (unpaired) electrons. The summed E-state index contributed by atoms with van der Waals surface area (Å²) in [6, 6.07) is 8.04. The lowest BCUT2D eigenvalue weighted by Gasteiger charge is -2.42. The first-order valence-corrected chi connectivity index (χ1v) is 18.6. The summed E-state index contributed by atoms with van der Waals surface area (Å²) in [7, 11) is 3.30. The Bertz CT molecular complexity index is 1710. The van der Waals surface area contributed by atoms with E-state index < -0.39 is 11.2 Å². The fourth-order valence-electron chi connectivity index (χ4n) is 6.86. The monoisotopic (exact) mass is 750 g/mol. The number of amides is 2. The van der Waals surface area contributed by atoms with Gasteiger partial charge in [-0.2, -0.15) is 0 Å². The molecule has 2 aliphatic heterocycles. The summed E-state index contributed by atoms with van der Waals surface area (Å²) >= 11 is 0. The van der Waals surface area contributed by atoms with Gasteiger partial charge < -0.3 is 39.0 Å². The van der Waals surface area contributed by atoms with E-state index >= 15 is 0 Å².